The van der Waals surface area contributed by atoms with Crippen molar-refractivity contribution in [1.82, 2.24) is 16.2 Å². The zero-order chi connectivity index (χ0) is 17.9. The number of hydrazine groups is 1. The van der Waals surface area contributed by atoms with Gasteiger partial charge in [0.15, 0.2) is 11.7 Å². The number of ether oxygens (including phenoxy) is 1. The second-order valence-corrected chi connectivity index (χ2v) is 5.93. The van der Waals surface area contributed by atoms with Gasteiger partial charge in [0, 0.05) is 6.42 Å². The molecule has 0 aliphatic heterocycles. The van der Waals surface area contributed by atoms with Crippen LogP contribution in [0.2, 0.25) is 0 Å². The van der Waals surface area contributed by atoms with Gasteiger partial charge in [-0.2, -0.15) is 0 Å². The van der Waals surface area contributed by atoms with Crippen LogP contribution in [0.25, 0.3) is 0 Å². The number of carbonyl (C=O) groups is 2. The zero-order valence-corrected chi connectivity index (χ0v) is 15.2. The van der Waals surface area contributed by atoms with Gasteiger partial charge in [-0.25, -0.2) is 0 Å². The first kappa shape index (κ1) is 19.9. The van der Waals surface area contributed by atoms with E-state index in [2.05, 4.69) is 23.1 Å². The Bertz CT molecular complexity index is 570. The van der Waals surface area contributed by atoms with Crippen molar-refractivity contribution in [2.45, 2.75) is 46.5 Å². The highest BCUT2D eigenvalue weighted by molar-refractivity contribution is 7.80. The quantitative estimate of drug-likeness (QED) is 0.399. The number of para-hydroxylation sites is 1. The number of unbranched alkanes of at least 4 members (excludes halogenated alkanes) is 2. The Morgan fingerprint density at radius 1 is 1.08 bits per heavy atom. The van der Waals surface area contributed by atoms with Crippen LogP contribution in [0.4, 0.5) is 0 Å². The number of hydrogen-bond donors (Lipinski definition) is 3. The van der Waals surface area contributed by atoms with Gasteiger partial charge in [0.2, 0.25) is 5.91 Å². The summed E-state index contributed by atoms with van der Waals surface area (Å²) >= 11 is 4.95. The van der Waals surface area contributed by atoms with Crippen molar-refractivity contribution in [2.75, 3.05) is 6.61 Å². The monoisotopic (exact) mass is 351 g/mol. The Kier molecular flexibility index (Phi) is 8.78. The Balaban J connectivity index is 2.28. The second-order valence-electron chi connectivity index (χ2n) is 5.52. The first-order valence-corrected chi connectivity index (χ1v) is 8.42. The third-order valence-electron chi connectivity index (χ3n) is 3.33. The third-order valence-corrected chi connectivity index (χ3v) is 3.54. The number of nitrogens with one attached hydrogen (secondary N) is 3. The molecule has 0 saturated heterocycles. The molecule has 1 aromatic rings. The molecule has 0 bridgehead atoms. The van der Waals surface area contributed by atoms with Gasteiger partial charge in [-0.15, -0.1) is 0 Å². The molecule has 1 rings (SSSR count). The number of rotatable bonds is 7. The van der Waals surface area contributed by atoms with Crippen molar-refractivity contribution in [2.24, 2.45) is 0 Å². The lowest BCUT2D eigenvalue weighted by atomic mass is 10.1. The standard InChI is InChI=1S/C17H25N3O3S/c1-4-5-6-10-14(21)18-17(24)20-19-15(22)11-23-16-12(2)8-7-9-13(16)3/h7-9H,4-6,10-11H2,1-3H3,(H,19,22)(H2,18,20,21,24). The van der Waals surface area contributed by atoms with Crippen LogP contribution in [0.15, 0.2) is 18.2 Å². The van der Waals surface area contributed by atoms with Crippen LogP contribution in [0.5, 0.6) is 5.75 Å². The molecule has 0 saturated carbocycles. The fourth-order valence-corrected chi connectivity index (χ4v) is 2.25. The van der Waals surface area contributed by atoms with E-state index in [1.165, 1.54) is 0 Å². The van der Waals surface area contributed by atoms with Crippen LogP contribution in [0.3, 0.4) is 0 Å². The Labute approximate surface area is 148 Å². The first-order valence-electron chi connectivity index (χ1n) is 8.01. The average Bonchev–Trinajstić information content (AvgIpc) is 2.52. The molecule has 0 aliphatic carbocycles. The summed E-state index contributed by atoms with van der Waals surface area (Å²) in [6.07, 6.45) is 3.28. The van der Waals surface area contributed by atoms with Crippen molar-refractivity contribution in [3.63, 3.8) is 0 Å². The smallest absolute Gasteiger partial charge is 0.276 e. The second kappa shape index (κ2) is 10.6. The van der Waals surface area contributed by atoms with Gasteiger partial charge in [0.25, 0.3) is 5.91 Å². The summed E-state index contributed by atoms with van der Waals surface area (Å²) in [6, 6.07) is 5.77. The van der Waals surface area contributed by atoms with Crippen LogP contribution >= 0.6 is 12.2 Å². The maximum atomic E-state index is 11.8. The number of aryl methyl sites for hydroxylation is 2. The van der Waals surface area contributed by atoms with Crippen LogP contribution in [-0.2, 0) is 9.59 Å². The van der Waals surface area contributed by atoms with Crippen LogP contribution < -0.4 is 20.9 Å². The van der Waals surface area contributed by atoms with Gasteiger partial charge in [0.1, 0.15) is 5.75 Å². The minimum Gasteiger partial charge on any atom is -0.483 e. The molecular formula is C17H25N3O3S. The summed E-state index contributed by atoms with van der Waals surface area (Å²) in [7, 11) is 0. The molecule has 0 radical (unpaired) electrons. The van der Waals surface area contributed by atoms with Crippen molar-refractivity contribution in [3.05, 3.63) is 29.3 Å². The van der Waals surface area contributed by atoms with E-state index >= 15 is 0 Å². The van der Waals surface area contributed by atoms with E-state index < -0.39 is 0 Å². The minimum atomic E-state index is -0.389. The van der Waals surface area contributed by atoms with Crippen LogP contribution in [0, 0.1) is 13.8 Å². The Morgan fingerprint density at radius 2 is 1.75 bits per heavy atom. The van der Waals surface area contributed by atoms with E-state index in [0.29, 0.717) is 12.2 Å². The summed E-state index contributed by atoms with van der Waals surface area (Å²) < 4.78 is 5.53. The number of carbonyl (C=O) groups excluding carboxylic acids is 2. The van der Waals surface area contributed by atoms with E-state index in [1.54, 1.807) is 0 Å². The molecule has 0 spiro atoms. The number of hydrogen-bond acceptors (Lipinski definition) is 4. The maximum absolute atomic E-state index is 11.8. The van der Waals surface area contributed by atoms with Gasteiger partial charge in [-0.3, -0.25) is 20.4 Å². The molecule has 1 aromatic carbocycles. The lowest BCUT2D eigenvalue weighted by Crippen LogP contribution is -2.49. The molecule has 24 heavy (non-hydrogen) atoms. The topological polar surface area (TPSA) is 79.5 Å². The number of benzene rings is 1. The predicted molar refractivity (Wildman–Crippen MR) is 97.6 cm³/mol. The molecule has 0 atom stereocenters. The summed E-state index contributed by atoms with van der Waals surface area (Å²) in [5.41, 5.74) is 6.81. The summed E-state index contributed by atoms with van der Waals surface area (Å²) in [4.78, 5) is 23.4. The maximum Gasteiger partial charge on any atom is 0.276 e. The molecular weight excluding hydrogens is 326 g/mol. The van der Waals surface area contributed by atoms with Crippen molar-refractivity contribution < 1.29 is 14.3 Å². The van der Waals surface area contributed by atoms with E-state index in [0.717, 1.165) is 30.4 Å². The van der Waals surface area contributed by atoms with Crippen molar-refractivity contribution in [1.29, 1.82) is 0 Å². The largest absolute Gasteiger partial charge is 0.483 e. The summed E-state index contributed by atoms with van der Waals surface area (Å²) in [5.74, 6) is 0.140. The molecule has 7 heteroatoms. The highest BCUT2D eigenvalue weighted by atomic mass is 32.1. The highest BCUT2D eigenvalue weighted by Crippen LogP contribution is 2.21. The van der Waals surface area contributed by atoms with E-state index in [4.69, 9.17) is 17.0 Å². The zero-order valence-electron chi connectivity index (χ0n) is 14.4. The summed E-state index contributed by atoms with van der Waals surface area (Å²) in [5, 5.41) is 2.58. The van der Waals surface area contributed by atoms with E-state index in [1.807, 2.05) is 32.0 Å². The van der Waals surface area contributed by atoms with E-state index in [-0.39, 0.29) is 23.5 Å². The molecule has 3 N–H and O–H groups in total. The highest BCUT2D eigenvalue weighted by Gasteiger charge is 2.08. The SMILES string of the molecule is CCCCCC(=O)NC(=S)NNC(=O)COc1c(C)cccc1C. The number of thiocarbonyl (C=S) groups is 1. The Hall–Kier alpha value is -2.15. The fraction of sp³-hybridized carbons (Fsp3) is 0.471. The lowest BCUT2D eigenvalue weighted by molar-refractivity contribution is -0.124. The van der Waals surface area contributed by atoms with Gasteiger partial charge in [0.05, 0.1) is 0 Å². The Morgan fingerprint density at radius 3 is 2.38 bits per heavy atom. The first-order chi connectivity index (χ1) is 11.4. The molecule has 2 amide bonds. The lowest BCUT2D eigenvalue weighted by Gasteiger charge is -2.13. The van der Waals surface area contributed by atoms with Gasteiger partial charge < -0.3 is 10.1 Å². The van der Waals surface area contributed by atoms with Gasteiger partial charge in [-0.05, 0) is 43.6 Å². The molecule has 0 fully saturated rings. The van der Waals surface area contributed by atoms with Gasteiger partial charge in [-0.1, -0.05) is 38.0 Å². The number of amides is 2. The van der Waals surface area contributed by atoms with Gasteiger partial charge >= 0.3 is 0 Å². The fourth-order valence-electron chi connectivity index (χ4n) is 2.08. The molecule has 6 nitrogen and oxygen atoms in total. The minimum absolute atomic E-state index is 0.0666. The van der Waals surface area contributed by atoms with Crippen LogP contribution in [0.1, 0.15) is 43.7 Å². The summed E-state index contributed by atoms with van der Waals surface area (Å²) in [6.45, 7) is 5.76. The predicted octanol–water partition coefficient (Wildman–Crippen LogP) is 2.28. The average molecular weight is 351 g/mol. The molecule has 0 unspecified atom stereocenters. The van der Waals surface area contributed by atoms with Crippen molar-refractivity contribution >= 4 is 29.1 Å². The molecule has 0 aliphatic rings. The third kappa shape index (κ3) is 7.41. The van der Waals surface area contributed by atoms with Crippen LogP contribution in [-0.4, -0.2) is 23.5 Å². The molecule has 0 aromatic heterocycles. The molecule has 132 valence electrons. The molecule has 0 heterocycles. The normalized spacial score (nSPS) is 9.96. The van der Waals surface area contributed by atoms with Crippen molar-refractivity contribution in [3.8, 4) is 5.75 Å². The van der Waals surface area contributed by atoms with E-state index in [9.17, 15) is 9.59 Å².